The van der Waals surface area contributed by atoms with Gasteiger partial charge in [-0.2, -0.15) is 5.10 Å². The van der Waals surface area contributed by atoms with Crippen LogP contribution >= 0.6 is 0 Å². The number of Topliss-reactive ketones (excluding diaryl/α,β-unsaturated/α-hetero) is 1. The third-order valence-electron chi connectivity index (χ3n) is 6.76. The average molecular weight is 417 g/mol. The molecule has 1 aromatic carbocycles. The summed E-state index contributed by atoms with van der Waals surface area (Å²) in [5, 5.41) is 12.6. The number of anilines is 1. The Bertz CT molecular complexity index is 1050. The highest BCUT2D eigenvalue weighted by Gasteiger charge is 2.24. The molecule has 0 atom stereocenters. The van der Waals surface area contributed by atoms with Crippen LogP contribution in [0.15, 0.2) is 36.5 Å². The molecule has 2 aliphatic carbocycles. The molecule has 162 valence electrons. The van der Waals surface area contributed by atoms with E-state index in [2.05, 4.69) is 44.8 Å². The normalized spacial score (nSPS) is 17.2. The van der Waals surface area contributed by atoms with Gasteiger partial charge in [-0.15, -0.1) is 0 Å². The van der Waals surface area contributed by atoms with Crippen LogP contribution in [-0.4, -0.2) is 27.0 Å². The second-order valence-corrected chi connectivity index (χ2v) is 9.42. The van der Waals surface area contributed by atoms with Crippen molar-refractivity contribution in [2.75, 3.05) is 5.32 Å². The smallest absolute Gasteiger partial charge is 0.137 e. The van der Waals surface area contributed by atoms with Gasteiger partial charge in [0.2, 0.25) is 0 Å². The first-order chi connectivity index (χ1) is 15.2. The Balaban J connectivity index is 1.27. The minimum atomic E-state index is 0.378. The van der Waals surface area contributed by atoms with Crippen LogP contribution in [-0.2, 0) is 24.1 Å². The predicted molar refractivity (Wildman–Crippen MR) is 124 cm³/mol. The number of fused-ring (bicyclic) bond motifs is 1. The molecule has 0 unspecified atom stereocenters. The van der Waals surface area contributed by atoms with Crippen molar-refractivity contribution in [1.29, 1.82) is 0 Å². The van der Waals surface area contributed by atoms with Crippen molar-refractivity contribution < 1.29 is 4.79 Å². The fourth-order valence-electron chi connectivity index (χ4n) is 4.86. The van der Waals surface area contributed by atoms with E-state index in [1.807, 2.05) is 12.3 Å². The number of benzene rings is 1. The summed E-state index contributed by atoms with van der Waals surface area (Å²) < 4.78 is 0. The van der Waals surface area contributed by atoms with E-state index in [0.717, 1.165) is 47.2 Å². The lowest BCUT2D eigenvalue weighted by Gasteiger charge is -2.23. The minimum absolute atomic E-state index is 0.378. The summed E-state index contributed by atoms with van der Waals surface area (Å²) in [5.74, 6) is 2.01. The van der Waals surface area contributed by atoms with E-state index < -0.39 is 0 Å². The third-order valence-corrected chi connectivity index (χ3v) is 6.76. The SMILES string of the molecule is O=C(Cc1cccc(CCc2[nH]nc3ccnc(NC4CCCCC4)c23)c1)CC1CC1. The van der Waals surface area contributed by atoms with Crippen molar-refractivity contribution in [1.82, 2.24) is 15.2 Å². The maximum absolute atomic E-state index is 12.2. The first kappa shape index (κ1) is 20.2. The van der Waals surface area contributed by atoms with Crippen LogP contribution < -0.4 is 5.32 Å². The monoisotopic (exact) mass is 416 g/mol. The maximum atomic E-state index is 12.2. The topological polar surface area (TPSA) is 70.7 Å². The number of ketones is 1. The molecule has 2 fully saturated rings. The molecule has 0 radical (unpaired) electrons. The molecule has 0 aliphatic heterocycles. The van der Waals surface area contributed by atoms with Gasteiger partial charge in [-0.3, -0.25) is 9.89 Å². The molecule has 2 N–H and O–H groups in total. The number of H-pyrrole nitrogens is 1. The highest BCUT2D eigenvalue weighted by Crippen LogP contribution is 2.33. The molecule has 5 nitrogen and oxygen atoms in total. The fourth-order valence-corrected chi connectivity index (χ4v) is 4.86. The zero-order chi connectivity index (χ0) is 21.0. The number of carbonyl (C=O) groups excluding carboxylic acids is 1. The lowest BCUT2D eigenvalue weighted by Crippen LogP contribution is -2.23. The van der Waals surface area contributed by atoms with E-state index >= 15 is 0 Å². The van der Waals surface area contributed by atoms with Crippen LogP contribution in [0, 0.1) is 5.92 Å². The summed E-state index contributed by atoms with van der Waals surface area (Å²) >= 11 is 0. The van der Waals surface area contributed by atoms with Crippen molar-refractivity contribution in [3.05, 3.63) is 53.3 Å². The van der Waals surface area contributed by atoms with Crippen LogP contribution in [0.3, 0.4) is 0 Å². The van der Waals surface area contributed by atoms with E-state index in [0.29, 0.717) is 24.2 Å². The molecule has 5 heteroatoms. The summed E-state index contributed by atoms with van der Waals surface area (Å²) in [6.45, 7) is 0. The molecule has 2 aromatic heterocycles. The first-order valence-corrected chi connectivity index (χ1v) is 11.9. The van der Waals surface area contributed by atoms with E-state index in [9.17, 15) is 4.79 Å². The van der Waals surface area contributed by atoms with Crippen LogP contribution in [0.2, 0.25) is 0 Å². The van der Waals surface area contributed by atoms with Gasteiger partial charge in [-0.05, 0) is 61.6 Å². The number of nitrogens with zero attached hydrogens (tertiary/aromatic N) is 2. The second kappa shape index (κ2) is 9.21. The molecule has 31 heavy (non-hydrogen) atoms. The summed E-state index contributed by atoms with van der Waals surface area (Å²) in [7, 11) is 0. The zero-order valence-electron chi connectivity index (χ0n) is 18.2. The van der Waals surface area contributed by atoms with Crippen molar-refractivity contribution in [3.8, 4) is 0 Å². The lowest BCUT2D eigenvalue weighted by molar-refractivity contribution is -0.118. The molecule has 0 saturated heterocycles. The Labute approximate surface area is 184 Å². The number of aromatic amines is 1. The van der Waals surface area contributed by atoms with E-state index in [-0.39, 0.29) is 0 Å². The predicted octanol–water partition coefficient (Wildman–Crippen LogP) is 5.40. The molecular weight excluding hydrogens is 384 g/mol. The standard InChI is InChI=1S/C26H32N4O/c31-22(16-19-9-10-19)17-20-6-4-5-18(15-20)11-12-23-25-24(30-29-23)13-14-27-26(25)28-21-7-2-1-3-8-21/h4-6,13-15,19,21H,1-3,7-12,16-17H2,(H,27,28)(H,29,30). The summed E-state index contributed by atoms with van der Waals surface area (Å²) in [6.07, 6.45) is 13.8. The first-order valence-electron chi connectivity index (χ1n) is 11.9. The molecule has 2 aliphatic rings. The number of carbonyl (C=O) groups is 1. The van der Waals surface area contributed by atoms with E-state index in [1.165, 1.54) is 50.5 Å². The quantitative estimate of drug-likeness (QED) is 0.490. The van der Waals surface area contributed by atoms with Gasteiger partial charge in [0.15, 0.2) is 0 Å². The van der Waals surface area contributed by atoms with Crippen LogP contribution in [0.1, 0.15) is 68.2 Å². The lowest BCUT2D eigenvalue weighted by atomic mass is 9.95. The van der Waals surface area contributed by atoms with Crippen molar-refractivity contribution in [3.63, 3.8) is 0 Å². The molecule has 5 rings (SSSR count). The number of pyridine rings is 1. The van der Waals surface area contributed by atoms with Crippen molar-refractivity contribution in [2.45, 2.75) is 76.7 Å². The number of aromatic nitrogens is 3. The van der Waals surface area contributed by atoms with Crippen LogP contribution in [0.4, 0.5) is 5.82 Å². The van der Waals surface area contributed by atoms with Gasteiger partial charge in [0.1, 0.15) is 11.6 Å². The molecule has 0 bridgehead atoms. The average Bonchev–Trinajstić information content (AvgIpc) is 3.49. The van der Waals surface area contributed by atoms with E-state index in [4.69, 9.17) is 0 Å². The fraction of sp³-hybridized carbons (Fsp3) is 0.500. The van der Waals surface area contributed by atoms with Gasteiger partial charge in [0.25, 0.3) is 0 Å². The molecule has 2 heterocycles. The number of hydrogen-bond acceptors (Lipinski definition) is 4. The Morgan fingerprint density at radius 1 is 1.03 bits per heavy atom. The summed E-state index contributed by atoms with van der Waals surface area (Å²) in [4.78, 5) is 16.9. The number of hydrogen-bond donors (Lipinski definition) is 2. The second-order valence-electron chi connectivity index (χ2n) is 9.42. The van der Waals surface area contributed by atoms with Gasteiger partial charge in [-0.25, -0.2) is 4.98 Å². The van der Waals surface area contributed by atoms with Gasteiger partial charge < -0.3 is 5.32 Å². The molecule has 0 amide bonds. The van der Waals surface area contributed by atoms with Crippen molar-refractivity contribution in [2.24, 2.45) is 5.92 Å². The van der Waals surface area contributed by atoms with Gasteiger partial charge in [0, 0.05) is 30.8 Å². The highest BCUT2D eigenvalue weighted by molar-refractivity contribution is 5.91. The Hall–Kier alpha value is -2.69. The van der Waals surface area contributed by atoms with Gasteiger partial charge in [-0.1, -0.05) is 43.5 Å². The van der Waals surface area contributed by atoms with Gasteiger partial charge >= 0.3 is 0 Å². The largest absolute Gasteiger partial charge is 0.367 e. The zero-order valence-corrected chi connectivity index (χ0v) is 18.2. The molecule has 3 aromatic rings. The number of aryl methyl sites for hydroxylation is 2. The Kier molecular flexibility index (Phi) is 6.01. The Morgan fingerprint density at radius 3 is 2.71 bits per heavy atom. The highest BCUT2D eigenvalue weighted by atomic mass is 16.1. The summed E-state index contributed by atoms with van der Waals surface area (Å²) in [5.41, 5.74) is 4.52. The van der Waals surface area contributed by atoms with E-state index in [1.54, 1.807) is 0 Å². The molecule has 2 saturated carbocycles. The molecule has 0 spiro atoms. The number of nitrogens with one attached hydrogen (secondary N) is 2. The Morgan fingerprint density at radius 2 is 1.87 bits per heavy atom. The molecular formula is C26H32N4O. The third kappa shape index (κ3) is 5.15. The maximum Gasteiger partial charge on any atom is 0.137 e. The number of rotatable bonds is 9. The van der Waals surface area contributed by atoms with Crippen molar-refractivity contribution >= 4 is 22.5 Å². The van der Waals surface area contributed by atoms with Crippen LogP contribution in [0.5, 0.6) is 0 Å². The summed E-state index contributed by atoms with van der Waals surface area (Å²) in [6, 6.07) is 11.0. The van der Waals surface area contributed by atoms with Gasteiger partial charge in [0.05, 0.1) is 10.9 Å². The van der Waals surface area contributed by atoms with Crippen LogP contribution in [0.25, 0.3) is 10.9 Å². The minimum Gasteiger partial charge on any atom is -0.367 e.